The molecule has 0 spiro atoms. The van der Waals surface area contributed by atoms with Gasteiger partial charge in [0.15, 0.2) is 4.67 Å². The van der Waals surface area contributed by atoms with Gasteiger partial charge in [-0.15, -0.1) is 11.3 Å². The van der Waals surface area contributed by atoms with Gasteiger partial charge in [-0.25, -0.2) is 4.98 Å². The Balaban J connectivity index is 1.55. The molecule has 1 amide bonds. The Hall–Kier alpha value is -1.92. The van der Waals surface area contributed by atoms with Crippen LogP contribution in [0.5, 0.6) is 0 Å². The number of hydrogen-bond acceptors (Lipinski definition) is 4. The van der Waals surface area contributed by atoms with Crippen molar-refractivity contribution in [1.29, 1.82) is 0 Å². The summed E-state index contributed by atoms with van der Waals surface area (Å²) in [5.41, 5.74) is 1.01. The molecule has 3 aromatic rings. The summed E-state index contributed by atoms with van der Waals surface area (Å²) in [7, 11) is 0. The Kier molecular flexibility index (Phi) is 4.24. The fourth-order valence-electron chi connectivity index (χ4n) is 2.99. The van der Waals surface area contributed by atoms with Crippen molar-refractivity contribution in [3.05, 3.63) is 57.9 Å². The molecule has 4 nitrogen and oxygen atoms in total. The molecule has 0 bridgehead atoms. The minimum absolute atomic E-state index is 0.00396. The van der Waals surface area contributed by atoms with Gasteiger partial charge in [0.2, 0.25) is 5.91 Å². The first-order valence-corrected chi connectivity index (χ1v) is 9.41. The van der Waals surface area contributed by atoms with E-state index in [1.165, 1.54) is 4.70 Å². The third-order valence-corrected chi connectivity index (χ3v) is 5.68. The van der Waals surface area contributed by atoms with E-state index in [-0.39, 0.29) is 11.9 Å². The maximum atomic E-state index is 12.6. The molecule has 1 aromatic carbocycles. The van der Waals surface area contributed by atoms with Crippen LogP contribution in [0.3, 0.4) is 0 Å². The van der Waals surface area contributed by atoms with Crippen LogP contribution in [-0.4, -0.2) is 22.3 Å². The molecule has 24 heavy (non-hydrogen) atoms. The molecule has 1 saturated heterocycles. The summed E-state index contributed by atoms with van der Waals surface area (Å²) in [6, 6.07) is 11.8. The second-order valence-corrected chi connectivity index (χ2v) is 7.53. The van der Waals surface area contributed by atoms with E-state index in [0.717, 1.165) is 29.9 Å². The summed E-state index contributed by atoms with van der Waals surface area (Å²) in [6.07, 6.45) is 5.26. The molecular formula is C18H15BrN2O2S. The van der Waals surface area contributed by atoms with Gasteiger partial charge in [0.1, 0.15) is 10.8 Å². The van der Waals surface area contributed by atoms with Crippen LogP contribution in [0.4, 0.5) is 0 Å². The van der Waals surface area contributed by atoms with Crippen molar-refractivity contribution in [3.8, 4) is 0 Å². The maximum absolute atomic E-state index is 12.6. The molecule has 122 valence electrons. The lowest BCUT2D eigenvalue weighted by Gasteiger charge is -2.21. The second kappa shape index (κ2) is 6.53. The smallest absolute Gasteiger partial charge is 0.247 e. The van der Waals surface area contributed by atoms with E-state index in [9.17, 15) is 4.79 Å². The molecule has 3 heterocycles. The maximum Gasteiger partial charge on any atom is 0.247 e. The molecule has 1 aliphatic heterocycles. The topological polar surface area (TPSA) is 46.3 Å². The van der Waals surface area contributed by atoms with Gasteiger partial charge >= 0.3 is 0 Å². The Morgan fingerprint density at radius 1 is 1.33 bits per heavy atom. The van der Waals surface area contributed by atoms with Gasteiger partial charge in [-0.1, -0.05) is 12.1 Å². The number of likely N-dealkylation sites (tertiary alicyclic amines) is 1. The zero-order valence-electron chi connectivity index (χ0n) is 12.8. The average molecular weight is 403 g/mol. The SMILES string of the molecule is O=C(/C=C\c1ccc(Br)o1)N1CCC[C@H]1c1nc2ccccc2s1. The van der Waals surface area contributed by atoms with Gasteiger partial charge in [-0.3, -0.25) is 4.79 Å². The van der Waals surface area contributed by atoms with Gasteiger partial charge < -0.3 is 9.32 Å². The number of furan rings is 1. The molecule has 0 saturated carbocycles. The quantitative estimate of drug-likeness (QED) is 0.577. The van der Waals surface area contributed by atoms with Gasteiger partial charge in [0, 0.05) is 12.6 Å². The van der Waals surface area contributed by atoms with E-state index in [0.29, 0.717) is 10.4 Å². The Labute approximate surface area is 151 Å². The van der Waals surface area contributed by atoms with Crippen LogP contribution in [0.15, 0.2) is 51.6 Å². The van der Waals surface area contributed by atoms with E-state index in [1.54, 1.807) is 23.5 Å². The highest BCUT2D eigenvalue weighted by Gasteiger charge is 2.31. The number of amides is 1. The first kappa shape index (κ1) is 15.6. The summed E-state index contributed by atoms with van der Waals surface area (Å²) in [5.74, 6) is 0.662. The molecule has 6 heteroatoms. The third-order valence-electron chi connectivity index (χ3n) is 4.12. The van der Waals surface area contributed by atoms with Crippen LogP contribution in [0.1, 0.15) is 29.7 Å². The molecule has 0 N–H and O–H groups in total. The first-order chi connectivity index (χ1) is 11.7. The highest BCUT2D eigenvalue weighted by Crippen LogP contribution is 2.36. The monoisotopic (exact) mass is 402 g/mol. The zero-order chi connectivity index (χ0) is 16.5. The van der Waals surface area contributed by atoms with Crippen LogP contribution >= 0.6 is 27.3 Å². The lowest BCUT2D eigenvalue weighted by Crippen LogP contribution is -2.28. The third kappa shape index (κ3) is 3.03. The van der Waals surface area contributed by atoms with Gasteiger partial charge in [-0.05, 0) is 59.1 Å². The minimum atomic E-state index is 0.00396. The van der Waals surface area contributed by atoms with Crippen molar-refractivity contribution in [3.63, 3.8) is 0 Å². The highest BCUT2D eigenvalue weighted by atomic mass is 79.9. The largest absolute Gasteiger partial charge is 0.450 e. The van der Waals surface area contributed by atoms with Gasteiger partial charge in [0.25, 0.3) is 0 Å². The number of hydrogen-bond donors (Lipinski definition) is 0. The number of nitrogens with zero attached hydrogens (tertiary/aromatic N) is 2. The van der Waals surface area contributed by atoms with Crippen molar-refractivity contribution in [2.24, 2.45) is 0 Å². The number of carbonyl (C=O) groups is 1. The molecule has 0 aliphatic carbocycles. The lowest BCUT2D eigenvalue weighted by molar-refractivity contribution is -0.126. The fraction of sp³-hybridized carbons (Fsp3) is 0.222. The number of halogens is 1. The van der Waals surface area contributed by atoms with E-state index < -0.39 is 0 Å². The zero-order valence-corrected chi connectivity index (χ0v) is 15.2. The predicted molar refractivity (Wildman–Crippen MR) is 98.8 cm³/mol. The van der Waals surface area contributed by atoms with Gasteiger partial charge in [-0.2, -0.15) is 0 Å². The molecule has 1 atom stereocenters. The highest BCUT2D eigenvalue weighted by molar-refractivity contribution is 9.10. The lowest BCUT2D eigenvalue weighted by atomic mass is 10.2. The molecule has 1 aliphatic rings. The van der Waals surface area contributed by atoms with Crippen molar-refractivity contribution in [1.82, 2.24) is 9.88 Å². The first-order valence-electron chi connectivity index (χ1n) is 7.80. The molecule has 2 aromatic heterocycles. The van der Waals surface area contributed by atoms with Crippen LogP contribution in [0.25, 0.3) is 16.3 Å². The summed E-state index contributed by atoms with van der Waals surface area (Å²) in [6.45, 7) is 0.769. The van der Waals surface area contributed by atoms with Crippen LogP contribution in [0.2, 0.25) is 0 Å². The molecule has 4 rings (SSSR count). The predicted octanol–water partition coefficient (Wildman–Crippen LogP) is 5.03. The van der Waals surface area contributed by atoms with E-state index >= 15 is 0 Å². The average Bonchev–Trinajstić information content (AvgIpc) is 3.30. The van der Waals surface area contributed by atoms with Crippen molar-refractivity contribution >= 4 is 49.5 Å². The number of fused-ring (bicyclic) bond motifs is 1. The van der Waals surface area contributed by atoms with Crippen molar-refractivity contribution in [2.45, 2.75) is 18.9 Å². The van der Waals surface area contributed by atoms with Crippen LogP contribution in [-0.2, 0) is 4.79 Å². The number of carbonyl (C=O) groups excluding carboxylic acids is 1. The van der Waals surface area contributed by atoms with Crippen molar-refractivity contribution < 1.29 is 9.21 Å². The summed E-state index contributed by atoms with van der Waals surface area (Å²) >= 11 is 4.94. The minimum Gasteiger partial charge on any atom is -0.450 e. The molecular weight excluding hydrogens is 388 g/mol. The molecule has 0 radical (unpaired) electrons. The summed E-state index contributed by atoms with van der Waals surface area (Å²) in [5, 5.41) is 1.02. The Morgan fingerprint density at radius 3 is 3.00 bits per heavy atom. The van der Waals surface area contributed by atoms with E-state index in [4.69, 9.17) is 9.40 Å². The van der Waals surface area contributed by atoms with Crippen LogP contribution in [0, 0.1) is 0 Å². The van der Waals surface area contributed by atoms with Crippen molar-refractivity contribution in [2.75, 3.05) is 6.54 Å². The summed E-state index contributed by atoms with van der Waals surface area (Å²) in [4.78, 5) is 19.2. The Bertz CT molecular complexity index is 882. The van der Waals surface area contributed by atoms with E-state index in [2.05, 4.69) is 22.0 Å². The number of aromatic nitrogens is 1. The Morgan fingerprint density at radius 2 is 2.21 bits per heavy atom. The second-order valence-electron chi connectivity index (χ2n) is 5.68. The molecule has 0 unspecified atom stereocenters. The van der Waals surface area contributed by atoms with Crippen LogP contribution < -0.4 is 0 Å². The van der Waals surface area contributed by atoms with Gasteiger partial charge in [0.05, 0.1) is 16.3 Å². The fourth-order valence-corrected chi connectivity index (χ4v) is 4.42. The number of thiazole rings is 1. The van der Waals surface area contributed by atoms with E-state index in [1.807, 2.05) is 35.2 Å². The number of para-hydroxylation sites is 1. The number of rotatable bonds is 3. The standard InChI is InChI=1S/C18H15BrN2O2S/c19-16-9-7-12(23-16)8-10-17(22)21-11-3-5-14(21)18-20-13-4-1-2-6-15(13)24-18/h1-2,4,6-10,14H,3,5,11H2/b10-8-/t14-/m0/s1. The number of benzene rings is 1. The summed E-state index contributed by atoms with van der Waals surface area (Å²) < 4.78 is 7.22. The molecule has 1 fully saturated rings. The normalized spacial score (nSPS) is 18.0.